The highest BCUT2D eigenvalue weighted by molar-refractivity contribution is 5.94. The molecule has 1 N–H and O–H groups in total. The van der Waals surface area contributed by atoms with Crippen LogP contribution in [0, 0.1) is 0 Å². The van der Waals surface area contributed by atoms with Gasteiger partial charge >= 0.3 is 0 Å². The van der Waals surface area contributed by atoms with Crippen LogP contribution in [0.1, 0.15) is 34.8 Å². The summed E-state index contributed by atoms with van der Waals surface area (Å²) >= 11 is 0. The van der Waals surface area contributed by atoms with E-state index in [1.165, 1.54) is 5.56 Å². The lowest BCUT2D eigenvalue weighted by atomic mass is 10.1. The van der Waals surface area contributed by atoms with Gasteiger partial charge in [-0.3, -0.25) is 4.79 Å². The number of benzene rings is 2. The molecule has 0 atom stereocenters. The van der Waals surface area contributed by atoms with E-state index >= 15 is 0 Å². The van der Waals surface area contributed by atoms with Gasteiger partial charge in [0.05, 0.1) is 0 Å². The predicted molar refractivity (Wildman–Crippen MR) is 78.0 cm³/mol. The first-order chi connectivity index (χ1) is 9.29. The van der Waals surface area contributed by atoms with Crippen molar-refractivity contribution in [2.45, 2.75) is 26.3 Å². The largest absolute Gasteiger partial charge is 0.348 e. The number of aryl methyl sites for hydroxylation is 1. The van der Waals surface area contributed by atoms with Crippen molar-refractivity contribution in [1.82, 2.24) is 5.32 Å². The molecule has 19 heavy (non-hydrogen) atoms. The number of carbonyl (C=O) groups excluding carboxylic acids is 1. The zero-order chi connectivity index (χ0) is 13.5. The molecule has 1 amide bonds. The summed E-state index contributed by atoms with van der Waals surface area (Å²) < 4.78 is 0. The first-order valence-electron chi connectivity index (χ1n) is 6.70. The highest BCUT2D eigenvalue weighted by Gasteiger charge is 2.05. The molecule has 2 heteroatoms. The molecule has 2 nitrogen and oxygen atoms in total. The molecular formula is C17H19NO. The highest BCUT2D eigenvalue weighted by Crippen LogP contribution is 2.08. The minimum atomic E-state index is -0.0122. The van der Waals surface area contributed by atoms with Crippen molar-refractivity contribution in [3.05, 3.63) is 71.3 Å². The first-order valence-corrected chi connectivity index (χ1v) is 6.70. The predicted octanol–water partition coefficient (Wildman–Crippen LogP) is 3.57. The van der Waals surface area contributed by atoms with Gasteiger partial charge < -0.3 is 5.32 Å². The van der Waals surface area contributed by atoms with E-state index in [-0.39, 0.29) is 5.91 Å². The van der Waals surface area contributed by atoms with Gasteiger partial charge in [-0.15, -0.1) is 0 Å². The molecule has 0 radical (unpaired) electrons. The number of hydrogen-bond acceptors (Lipinski definition) is 1. The van der Waals surface area contributed by atoms with Crippen LogP contribution < -0.4 is 5.32 Å². The van der Waals surface area contributed by atoms with Gasteiger partial charge in [-0.25, -0.2) is 0 Å². The summed E-state index contributed by atoms with van der Waals surface area (Å²) in [7, 11) is 0. The smallest absolute Gasteiger partial charge is 0.251 e. The van der Waals surface area contributed by atoms with E-state index < -0.39 is 0 Å². The van der Waals surface area contributed by atoms with Crippen LogP contribution >= 0.6 is 0 Å². The van der Waals surface area contributed by atoms with Crippen LogP contribution in [0.15, 0.2) is 54.6 Å². The van der Waals surface area contributed by atoms with Gasteiger partial charge in [-0.05, 0) is 29.7 Å². The molecular weight excluding hydrogens is 234 g/mol. The minimum absolute atomic E-state index is 0.0122. The Kier molecular flexibility index (Phi) is 4.73. The van der Waals surface area contributed by atoms with Crippen LogP contribution in [0.4, 0.5) is 0 Å². The van der Waals surface area contributed by atoms with E-state index in [0.29, 0.717) is 6.54 Å². The normalized spacial score (nSPS) is 10.2. The minimum Gasteiger partial charge on any atom is -0.348 e. The van der Waals surface area contributed by atoms with Crippen molar-refractivity contribution in [3.8, 4) is 0 Å². The van der Waals surface area contributed by atoms with Crippen LogP contribution in [-0.2, 0) is 13.0 Å². The number of carbonyl (C=O) groups is 1. The fourth-order valence-electron chi connectivity index (χ4n) is 2.04. The molecule has 0 unspecified atom stereocenters. The maximum atomic E-state index is 12.1. The fraction of sp³-hybridized carbons (Fsp3) is 0.235. The molecule has 0 saturated heterocycles. The Morgan fingerprint density at radius 1 is 1.00 bits per heavy atom. The van der Waals surface area contributed by atoms with Crippen molar-refractivity contribution >= 4 is 5.91 Å². The maximum absolute atomic E-state index is 12.1. The van der Waals surface area contributed by atoms with Crippen LogP contribution in [0.2, 0.25) is 0 Å². The molecule has 2 aromatic rings. The van der Waals surface area contributed by atoms with E-state index in [0.717, 1.165) is 24.0 Å². The Hall–Kier alpha value is -2.09. The summed E-state index contributed by atoms with van der Waals surface area (Å²) in [6.07, 6.45) is 2.11. The van der Waals surface area contributed by atoms with E-state index in [1.54, 1.807) is 0 Å². The van der Waals surface area contributed by atoms with E-state index in [1.807, 2.05) is 48.5 Å². The van der Waals surface area contributed by atoms with Crippen LogP contribution in [0.5, 0.6) is 0 Å². The molecule has 0 aliphatic heterocycles. The molecule has 98 valence electrons. The average molecular weight is 253 g/mol. The third-order valence-corrected chi connectivity index (χ3v) is 3.02. The second kappa shape index (κ2) is 6.74. The SMILES string of the molecule is CCCc1cccc(C(=O)NCc2ccccc2)c1. The van der Waals surface area contributed by atoms with Gasteiger partial charge in [0.1, 0.15) is 0 Å². The third kappa shape index (κ3) is 3.95. The van der Waals surface area contributed by atoms with Gasteiger partial charge in [-0.1, -0.05) is 55.8 Å². The Morgan fingerprint density at radius 3 is 2.47 bits per heavy atom. The second-order valence-corrected chi connectivity index (χ2v) is 4.62. The van der Waals surface area contributed by atoms with E-state index in [9.17, 15) is 4.79 Å². The Morgan fingerprint density at radius 2 is 1.74 bits per heavy atom. The lowest BCUT2D eigenvalue weighted by Crippen LogP contribution is -2.22. The number of amides is 1. The first kappa shape index (κ1) is 13.3. The van der Waals surface area contributed by atoms with E-state index in [4.69, 9.17) is 0 Å². The van der Waals surface area contributed by atoms with Gasteiger partial charge in [0.2, 0.25) is 0 Å². The van der Waals surface area contributed by atoms with Crippen LogP contribution in [0.25, 0.3) is 0 Å². The Labute approximate surface area is 114 Å². The fourth-order valence-corrected chi connectivity index (χ4v) is 2.04. The molecule has 0 spiro atoms. The summed E-state index contributed by atoms with van der Waals surface area (Å²) in [6.45, 7) is 2.71. The zero-order valence-electron chi connectivity index (χ0n) is 11.2. The highest BCUT2D eigenvalue weighted by atomic mass is 16.1. The van der Waals surface area contributed by atoms with Crippen molar-refractivity contribution in [1.29, 1.82) is 0 Å². The lowest BCUT2D eigenvalue weighted by molar-refractivity contribution is 0.0951. The monoisotopic (exact) mass is 253 g/mol. The van der Waals surface area contributed by atoms with Crippen LogP contribution in [0.3, 0.4) is 0 Å². The number of nitrogens with one attached hydrogen (secondary N) is 1. The third-order valence-electron chi connectivity index (χ3n) is 3.02. The molecule has 0 saturated carbocycles. The topological polar surface area (TPSA) is 29.1 Å². The molecule has 2 aromatic carbocycles. The second-order valence-electron chi connectivity index (χ2n) is 4.62. The average Bonchev–Trinajstić information content (AvgIpc) is 2.46. The maximum Gasteiger partial charge on any atom is 0.251 e. The number of rotatable bonds is 5. The summed E-state index contributed by atoms with van der Waals surface area (Å²) in [5.41, 5.74) is 3.07. The van der Waals surface area contributed by atoms with Crippen molar-refractivity contribution in [2.24, 2.45) is 0 Å². The van der Waals surface area contributed by atoms with Crippen molar-refractivity contribution in [2.75, 3.05) is 0 Å². The van der Waals surface area contributed by atoms with Gasteiger partial charge in [0, 0.05) is 12.1 Å². The Bertz CT molecular complexity index is 534. The molecule has 2 rings (SSSR count). The summed E-state index contributed by atoms with van der Waals surface area (Å²) in [5, 5.41) is 2.95. The molecule has 0 aliphatic rings. The standard InChI is InChI=1S/C17H19NO/c1-2-7-14-10-6-11-16(12-14)17(19)18-13-15-8-4-3-5-9-15/h3-6,8-12H,2,7,13H2,1H3,(H,18,19). The summed E-state index contributed by atoms with van der Waals surface area (Å²) in [6, 6.07) is 17.8. The van der Waals surface area contributed by atoms with Gasteiger partial charge in [0.25, 0.3) is 5.91 Å². The van der Waals surface area contributed by atoms with Crippen molar-refractivity contribution in [3.63, 3.8) is 0 Å². The molecule has 0 fully saturated rings. The van der Waals surface area contributed by atoms with Crippen LogP contribution in [-0.4, -0.2) is 5.91 Å². The van der Waals surface area contributed by atoms with Gasteiger partial charge in [-0.2, -0.15) is 0 Å². The van der Waals surface area contributed by atoms with Crippen molar-refractivity contribution < 1.29 is 4.79 Å². The molecule has 0 heterocycles. The quantitative estimate of drug-likeness (QED) is 0.867. The zero-order valence-corrected chi connectivity index (χ0v) is 11.2. The Balaban J connectivity index is 1.98. The van der Waals surface area contributed by atoms with E-state index in [2.05, 4.69) is 18.3 Å². The molecule has 0 bridgehead atoms. The lowest BCUT2D eigenvalue weighted by Gasteiger charge is -2.07. The molecule has 0 aromatic heterocycles. The molecule has 0 aliphatic carbocycles. The summed E-state index contributed by atoms with van der Waals surface area (Å²) in [4.78, 5) is 12.1. The number of hydrogen-bond donors (Lipinski definition) is 1. The summed E-state index contributed by atoms with van der Waals surface area (Å²) in [5.74, 6) is -0.0122. The van der Waals surface area contributed by atoms with Gasteiger partial charge in [0.15, 0.2) is 0 Å².